The van der Waals surface area contributed by atoms with E-state index in [4.69, 9.17) is 4.98 Å². The van der Waals surface area contributed by atoms with Crippen LogP contribution >= 0.6 is 34.4 Å². The molecule has 0 radical (unpaired) electrons. The second-order valence-electron chi connectivity index (χ2n) is 7.09. The Balaban J connectivity index is 1.73. The molecular weight excluding hydrogens is 521 g/mol. The molecule has 0 saturated heterocycles. The molecule has 0 unspecified atom stereocenters. The van der Waals surface area contributed by atoms with Gasteiger partial charge in [0.15, 0.2) is 5.16 Å². The first-order chi connectivity index (χ1) is 15.0. The van der Waals surface area contributed by atoms with Gasteiger partial charge >= 0.3 is 0 Å². The van der Waals surface area contributed by atoms with E-state index in [1.54, 1.807) is 10.6 Å². The van der Waals surface area contributed by atoms with Crippen LogP contribution in [0.4, 0.5) is 5.69 Å². The number of benzene rings is 3. The monoisotopic (exact) mass is 541 g/mol. The summed E-state index contributed by atoms with van der Waals surface area (Å²) >= 11 is 3.44. The molecule has 3 aromatic carbocycles. The summed E-state index contributed by atoms with van der Waals surface area (Å²) in [5.74, 6) is -0.00954. The van der Waals surface area contributed by atoms with Gasteiger partial charge in [-0.3, -0.25) is 14.2 Å². The summed E-state index contributed by atoms with van der Waals surface area (Å²) in [5.41, 5.74) is 4.13. The largest absolute Gasteiger partial charge is 0.324 e. The number of aryl methyl sites for hydroxylation is 1. The zero-order chi connectivity index (χ0) is 22.0. The fourth-order valence-corrected chi connectivity index (χ4v) is 4.61. The molecule has 5 nitrogen and oxygen atoms in total. The van der Waals surface area contributed by atoms with Gasteiger partial charge in [0.05, 0.1) is 28.0 Å². The molecule has 0 aliphatic heterocycles. The number of hydrogen-bond donors (Lipinski definition) is 1. The summed E-state index contributed by atoms with van der Waals surface area (Å²) < 4.78 is 2.59. The Bertz CT molecular complexity index is 1350. The Kier molecular flexibility index (Phi) is 6.43. The van der Waals surface area contributed by atoms with Crippen molar-refractivity contribution in [1.82, 2.24) is 9.55 Å². The molecule has 1 aromatic heterocycles. The van der Waals surface area contributed by atoms with Crippen LogP contribution in [0.5, 0.6) is 0 Å². The Morgan fingerprint density at radius 3 is 2.58 bits per heavy atom. The van der Waals surface area contributed by atoms with Crippen LogP contribution < -0.4 is 10.9 Å². The summed E-state index contributed by atoms with van der Waals surface area (Å²) in [6.45, 7) is 4.00. The van der Waals surface area contributed by atoms with E-state index in [0.29, 0.717) is 16.1 Å². The van der Waals surface area contributed by atoms with E-state index in [9.17, 15) is 9.59 Å². The molecule has 0 spiro atoms. The van der Waals surface area contributed by atoms with E-state index in [0.717, 1.165) is 26.1 Å². The molecule has 0 aliphatic carbocycles. The molecule has 4 rings (SSSR count). The van der Waals surface area contributed by atoms with E-state index in [-0.39, 0.29) is 17.2 Å². The van der Waals surface area contributed by atoms with Gasteiger partial charge in [0.1, 0.15) is 0 Å². The number of nitrogens with zero attached hydrogens (tertiary/aromatic N) is 2. The standard InChI is InChI=1S/C24H20IN3O2S/c1-15-8-7-13-21(16(15)2)28-23(30)17-9-3-5-11-19(17)27-24(28)31-14-22(29)26-20-12-6-4-10-18(20)25/h3-13H,14H2,1-2H3,(H,26,29). The molecule has 0 bridgehead atoms. The zero-order valence-electron chi connectivity index (χ0n) is 17.1. The lowest BCUT2D eigenvalue weighted by molar-refractivity contribution is -0.113. The summed E-state index contributed by atoms with van der Waals surface area (Å²) in [5, 5.41) is 3.98. The number of carbonyl (C=O) groups is 1. The first kappa shape index (κ1) is 21.6. The number of hydrogen-bond acceptors (Lipinski definition) is 4. The normalized spacial score (nSPS) is 10.9. The van der Waals surface area contributed by atoms with Crippen LogP contribution in [0, 0.1) is 17.4 Å². The maximum Gasteiger partial charge on any atom is 0.266 e. The lowest BCUT2D eigenvalue weighted by Crippen LogP contribution is -2.23. The number of thioether (sulfide) groups is 1. The molecule has 1 amide bonds. The number of para-hydroxylation sites is 2. The molecule has 7 heteroatoms. The molecule has 1 N–H and O–H groups in total. The molecule has 0 atom stereocenters. The second-order valence-corrected chi connectivity index (χ2v) is 9.19. The minimum absolute atomic E-state index is 0.139. The number of fused-ring (bicyclic) bond motifs is 1. The van der Waals surface area contributed by atoms with E-state index >= 15 is 0 Å². The first-order valence-electron chi connectivity index (χ1n) is 9.71. The molecule has 0 fully saturated rings. The van der Waals surface area contributed by atoms with Gasteiger partial charge in [-0.05, 0) is 77.9 Å². The molecule has 31 heavy (non-hydrogen) atoms. The van der Waals surface area contributed by atoms with Crippen molar-refractivity contribution in [3.63, 3.8) is 0 Å². The van der Waals surface area contributed by atoms with Crippen LogP contribution in [0.3, 0.4) is 0 Å². The van der Waals surface area contributed by atoms with Crippen molar-refractivity contribution in [2.75, 3.05) is 11.1 Å². The fraction of sp³-hybridized carbons (Fsp3) is 0.125. The van der Waals surface area contributed by atoms with Gasteiger partial charge in [0.2, 0.25) is 5.91 Å². The van der Waals surface area contributed by atoms with E-state index in [2.05, 4.69) is 27.9 Å². The minimum atomic E-state index is -0.149. The van der Waals surface area contributed by atoms with Crippen LogP contribution in [0.25, 0.3) is 16.6 Å². The van der Waals surface area contributed by atoms with Gasteiger partial charge in [0, 0.05) is 3.57 Å². The van der Waals surface area contributed by atoms with Crippen molar-refractivity contribution >= 4 is 56.9 Å². The molecule has 4 aromatic rings. The number of aromatic nitrogens is 2. The summed E-state index contributed by atoms with van der Waals surface area (Å²) in [6, 6.07) is 20.8. The smallest absolute Gasteiger partial charge is 0.266 e. The van der Waals surface area contributed by atoms with Gasteiger partial charge in [-0.2, -0.15) is 0 Å². The average Bonchev–Trinajstić information content (AvgIpc) is 2.76. The van der Waals surface area contributed by atoms with Crippen molar-refractivity contribution < 1.29 is 4.79 Å². The predicted molar refractivity (Wildman–Crippen MR) is 135 cm³/mol. The molecular formula is C24H20IN3O2S. The third-order valence-electron chi connectivity index (χ3n) is 5.04. The number of carbonyl (C=O) groups excluding carboxylic acids is 1. The van der Waals surface area contributed by atoms with Crippen molar-refractivity contribution in [3.05, 3.63) is 91.8 Å². The van der Waals surface area contributed by atoms with Crippen LogP contribution in [-0.4, -0.2) is 21.2 Å². The van der Waals surface area contributed by atoms with Crippen LogP contribution in [0.1, 0.15) is 11.1 Å². The lowest BCUT2D eigenvalue weighted by Gasteiger charge is -2.16. The van der Waals surface area contributed by atoms with Crippen molar-refractivity contribution in [1.29, 1.82) is 0 Å². The highest BCUT2D eigenvalue weighted by molar-refractivity contribution is 14.1. The number of rotatable bonds is 5. The lowest BCUT2D eigenvalue weighted by atomic mass is 10.1. The average molecular weight is 541 g/mol. The fourth-order valence-electron chi connectivity index (χ4n) is 3.28. The number of amides is 1. The second kappa shape index (κ2) is 9.23. The molecule has 1 heterocycles. The Morgan fingerprint density at radius 2 is 1.77 bits per heavy atom. The Labute approximate surface area is 198 Å². The van der Waals surface area contributed by atoms with Crippen molar-refractivity contribution in [2.24, 2.45) is 0 Å². The highest BCUT2D eigenvalue weighted by atomic mass is 127. The third kappa shape index (κ3) is 4.52. The molecule has 0 saturated carbocycles. The van der Waals surface area contributed by atoms with E-state index in [1.807, 2.05) is 74.5 Å². The predicted octanol–water partition coefficient (Wildman–Crippen LogP) is 5.34. The number of nitrogens with one attached hydrogen (secondary N) is 1. The van der Waals surface area contributed by atoms with Gasteiger partial charge in [-0.25, -0.2) is 4.98 Å². The van der Waals surface area contributed by atoms with Gasteiger partial charge in [0.25, 0.3) is 5.56 Å². The summed E-state index contributed by atoms with van der Waals surface area (Å²) in [4.78, 5) is 30.7. The Morgan fingerprint density at radius 1 is 1.03 bits per heavy atom. The van der Waals surface area contributed by atoms with E-state index in [1.165, 1.54) is 11.8 Å². The van der Waals surface area contributed by atoms with Crippen molar-refractivity contribution in [3.8, 4) is 5.69 Å². The van der Waals surface area contributed by atoms with Crippen LogP contribution in [0.2, 0.25) is 0 Å². The number of anilines is 1. The number of halogens is 1. The minimum Gasteiger partial charge on any atom is -0.324 e. The first-order valence-corrected chi connectivity index (χ1v) is 11.8. The van der Waals surface area contributed by atoms with Crippen LogP contribution in [-0.2, 0) is 4.79 Å². The molecule has 0 aliphatic rings. The third-order valence-corrected chi connectivity index (χ3v) is 6.92. The van der Waals surface area contributed by atoms with Gasteiger partial charge in [-0.15, -0.1) is 0 Å². The zero-order valence-corrected chi connectivity index (χ0v) is 20.0. The van der Waals surface area contributed by atoms with Crippen LogP contribution in [0.15, 0.2) is 76.7 Å². The topological polar surface area (TPSA) is 64.0 Å². The maximum absolute atomic E-state index is 13.4. The van der Waals surface area contributed by atoms with Gasteiger partial charge in [-0.1, -0.05) is 48.2 Å². The SMILES string of the molecule is Cc1cccc(-n2c(SCC(=O)Nc3ccccc3I)nc3ccccc3c2=O)c1C. The molecule has 156 valence electrons. The summed E-state index contributed by atoms with van der Waals surface area (Å²) in [6.07, 6.45) is 0. The quantitative estimate of drug-likeness (QED) is 0.211. The summed E-state index contributed by atoms with van der Waals surface area (Å²) in [7, 11) is 0. The highest BCUT2D eigenvalue weighted by Crippen LogP contribution is 2.25. The van der Waals surface area contributed by atoms with Crippen molar-refractivity contribution in [2.45, 2.75) is 19.0 Å². The Hall–Kier alpha value is -2.65. The maximum atomic E-state index is 13.4. The highest BCUT2D eigenvalue weighted by Gasteiger charge is 2.17. The van der Waals surface area contributed by atoms with Gasteiger partial charge < -0.3 is 5.32 Å². The van der Waals surface area contributed by atoms with E-state index < -0.39 is 0 Å².